The van der Waals surface area contributed by atoms with Gasteiger partial charge < -0.3 is 9.88 Å². The number of nitrogens with zero attached hydrogens (tertiary/aromatic N) is 2. The molecule has 1 N–H and O–H groups in total. The summed E-state index contributed by atoms with van der Waals surface area (Å²) in [6.45, 7) is 2.81. The van der Waals surface area contributed by atoms with Crippen molar-refractivity contribution in [3.8, 4) is 11.3 Å². The van der Waals surface area contributed by atoms with E-state index in [1.807, 2.05) is 45.3 Å². The SMILES string of the molecule is CNCc1c(-c2ccc(Cl)cc2)nc(C)n1C. The van der Waals surface area contributed by atoms with E-state index in [4.69, 9.17) is 11.6 Å². The average molecular weight is 250 g/mol. The molecular formula is C13H16ClN3. The molecule has 2 rings (SSSR count). The molecule has 1 aromatic heterocycles. The lowest BCUT2D eigenvalue weighted by Gasteiger charge is -2.06. The summed E-state index contributed by atoms with van der Waals surface area (Å²) < 4.78 is 2.11. The molecule has 0 saturated heterocycles. The zero-order valence-electron chi connectivity index (χ0n) is 10.3. The topological polar surface area (TPSA) is 29.9 Å². The highest BCUT2D eigenvalue weighted by molar-refractivity contribution is 6.30. The maximum absolute atomic E-state index is 5.90. The van der Waals surface area contributed by atoms with Crippen LogP contribution in [0.5, 0.6) is 0 Å². The van der Waals surface area contributed by atoms with Gasteiger partial charge in [-0.05, 0) is 26.1 Å². The van der Waals surface area contributed by atoms with E-state index in [1.165, 1.54) is 5.69 Å². The van der Waals surface area contributed by atoms with Crippen molar-refractivity contribution in [2.45, 2.75) is 13.5 Å². The molecule has 1 aromatic carbocycles. The van der Waals surface area contributed by atoms with Crippen LogP contribution in [0.4, 0.5) is 0 Å². The highest BCUT2D eigenvalue weighted by Crippen LogP contribution is 2.24. The Bertz CT molecular complexity index is 514. The number of aromatic nitrogens is 2. The Kier molecular flexibility index (Phi) is 3.50. The second kappa shape index (κ2) is 4.90. The third kappa shape index (κ3) is 2.35. The van der Waals surface area contributed by atoms with E-state index < -0.39 is 0 Å². The fraction of sp³-hybridized carbons (Fsp3) is 0.308. The molecule has 0 fully saturated rings. The molecule has 17 heavy (non-hydrogen) atoms. The molecule has 2 aromatic rings. The normalized spacial score (nSPS) is 10.8. The number of halogens is 1. The van der Waals surface area contributed by atoms with E-state index in [2.05, 4.69) is 14.9 Å². The molecule has 0 bridgehead atoms. The molecule has 1 heterocycles. The van der Waals surface area contributed by atoms with E-state index >= 15 is 0 Å². The predicted molar refractivity (Wildman–Crippen MR) is 71.2 cm³/mol. The van der Waals surface area contributed by atoms with Gasteiger partial charge in [0.05, 0.1) is 11.4 Å². The van der Waals surface area contributed by atoms with Crippen molar-refractivity contribution in [2.24, 2.45) is 7.05 Å². The molecule has 0 atom stereocenters. The van der Waals surface area contributed by atoms with Crippen molar-refractivity contribution in [2.75, 3.05) is 7.05 Å². The van der Waals surface area contributed by atoms with E-state index in [-0.39, 0.29) is 0 Å². The molecule has 4 heteroatoms. The zero-order chi connectivity index (χ0) is 12.4. The van der Waals surface area contributed by atoms with Crippen molar-refractivity contribution < 1.29 is 0 Å². The Morgan fingerprint density at radius 2 is 1.94 bits per heavy atom. The minimum atomic E-state index is 0.747. The summed E-state index contributed by atoms with van der Waals surface area (Å²) in [6.07, 6.45) is 0. The highest BCUT2D eigenvalue weighted by atomic mass is 35.5. The van der Waals surface area contributed by atoms with Crippen LogP contribution in [0.3, 0.4) is 0 Å². The summed E-state index contributed by atoms with van der Waals surface area (Å²) in [4.78, 5) is 4.61. The minimum absolute atomic E-state index is 0.747. The lowest BCUT2D eigenvalue weighted by molar-refractivity contribution is 0.722. The average Bonchev–Trinajstić information content (AvgIpc) is 2.59. The Hall–Kier alpha value is -1.32. The highest BCUT2D eigenvalue weighted by Gasteiger charge is 2.12. The molecule has 0 aliphatic heterocycles. The Morgan fingerprint density at radius 3 is 2.53 bits per heavy atom. The molecule has 0 saturated carbocycles. The molecule has 0 spiro atoms. The molecule has 0 aliphatic carbocycles. The van der Waals surface area contributed by atoms with Gasteiger partial charge in [0.1, 0.15) is 5.82 Å². The molecule has 0 unspecified atom stereocenters. The summed E-state index contributed by atoms with van der Waals surface area (Å²) >= 11 is 5.90. The Morgan fingerprint density at radius 1 is 1.29 bits per heavy atom. The Balaban J connectivity index is 2.50. The van der Waals surface area contributed by atoms with E-state index in [9.17, 15) is 0 Å². The predicted octanol–water partition coefficient (Wildman–Crippen LogP) is 2.77. The smallest absolute Gasteiger partial charge is 0.106 e. The van der Waals surface area contributed by atoms with Gasteiger partial charge in [0.2, 0.25) is 0 Å². The summed E-state index contributed by atoms with van der Waals surface area (Å²) in [6, 6.07) is 7.79. The van der Waals surface area contributed by atoms with Gasteiger partial charge in [-0.1, -0.05) is 23.7 Å². The number of benzene rings is 1. The van der Waals surface area contributed by atoms with Crippen molar-refractivity contribution in [1.29, 1.82) is 0 Å². The van der Waals surface area contributed by atoms with Crippen molar-refractivity contribution in [3.05, 3.63) is 40.8 Å². The first-order valence-corrected chi connectivity index (χ1v) is 5.94. The van der Waals surface area contributed by atoms with E-state index in [0.717, 1.165) is 28.6 Å². The van der Waals surface area contributed by atoms with E-state index in [1.54, 1.807) is 0 Å². The molecule has 0 amide bonds. The van der Waals surface area contributed by atoms with Gasteiger partial charge in [-0.15, -0.1) is 0 Å². The summed E-state index contributed by atoms with van der Waals surface area (Å²) in [5.41, 5.74) is 3.31. The Labute approximate surface area is 106 Å². The molecule has 0 radical (unpaired) electrons. The minimum Gasteiger partial charge on any atom is -0.334 e. The van der Waals surface area contributed by atoms with Gasteiger partial charge in [-0.2, -0.15) is 0 Å². The van der Waals surface area contributed by atoms with Crippen LogP contribution in [-0.4, -0.2) is 16.6 Å². The fourth-order valence-electron chi connectivity index (χ4n) is 1.86. The van der Waals surface area contributed by atoms with Gasteiger partial charge in [0.15, 0.2) is 0 Å². The lowest BCUT2D eigenvalue weighted by atomic mass is 10.1. The van der Waals surface area contributed by atoms with Gasteiger partial charge in [-0.25, -0.2) is 4.98 Å². The zero-order valence-corrected chi connectivity index (χ0v) is 11.0. The maximum Gasteiger partial charge on any atom is 0.106 e. The number of aryl methyl sites for hydroxylation is 1. The van der Waals surface area contributed by atoms with Crippen LogP contribution in [0.1, 0.15) is 11.5 Å². The molecule has 90 valence electrons. The quantitative estimate of drug-likeness (QED) is 0.907. The van der Waals surface area contributed by atoms with Crippen LogP contribution in [-0.2, 0) is 13.6 Å². The monoisotopic (exact) mass is 249 g/mol. The van der Waals surface area contributed by atoms with Gasteiger partial charge in [-0.3, -0.25) is 0 Å². The standard InChI is InChI=1S/C13H16ClN3/c1-9-16-13(12(8-15-2)17(9)3)10-4-6-11(14)7-5-10/h4-7,15H,8H2,1-3H3. The second-order valence-corrected chi connectivity index (χ2v) is 4.49. The van der Waals surface area contributed by atoms with Crippen molar-refractivity contribution in [3.63, 3.8) is 0 Å². The van der Waals surface area contributed by atoms with E-state index in [0.29, 0.717) is 0 Å². The van der Waals surface area contributed by atoms with Crippen molar-refractivity contribution in [1.82, 2.24) is 14.9 Å². The number of imidazole rings is 1. The van der Waals surface area contributed by atoms with Crippen LogP contribution in [0.25, 0.3) is 11.3 Å². The van der Waals surface area contributed by atoms with Crippen LogP contribution < -0.4 is 5.32 Å². The van der Waals surface area contributed by atoms with Crippen LogP contribution in [0, 0.1) is 6.92 Å². The second-order valence-electron chi connectivity index (χ2n) is 4.05. The van der Waals surface area contributed by atoms with Gasteiger partial charge in [0.25, 0.3) is 0 Å². The number of hydrogen-bond donors (Lipinski definition) is 1. The van der Waals surface area contributed by atoms with Crippen molar-refractivity contribution >= 4 is 11.6 Å². The lowest BCUT2D eigenvalue weighted by Crippen LogP contribution is -2.10. The third-order valence-corrected chi connectivity index (χ3v) is 3.15. The first kappa shape index (κ1) is 12.1. The maximum atomic E-state index is 5.90. The largest absolute Gasteiger partial charge is 0.334 e. The summed E-state index contributed by atoms with van der Waals surface area (Å²) in [5, 5.41) is 3.92. The molecule has 3 nitrogen and oxygen atoms in total. The van der Waals surface area contributed by atoms with Crippen LogP contribution >= 0.6 is 11.6 Å². The number of rotatable bonds is 3. The number of nitrogens with one attached hydrogen (secondary N) is 1. The van der Waals surface area contributed by atoms with Gasteiger partial charge in [0, 0.05) is 24.2 Å². The van der Waals surface area contributed by atoms with Crippen LogP contribution in [0.2, 0.25) is 5.02 Å². The molecule has 0 aliphatic rings. The number of hydrogen-bond acceptors (Lipinski definition) is 2. The van der Waals surface area contributed by atoms with Gasteiger partial charge >= 0.3 is 0 Å². The van der Waals surface area contributed by atoms with Crippen LogP contribution in [0.15, 0.2) is 24.3 Å². The fourth-order valence-corrected chi connectivity index (χ4v) is 1.99. The first-order chi connectivity index (χ1) is 8.13. The molecular weight excluding hydrogens is 234 g/mol. The summed E-state index contributed by atoms with van der Waals surface area (Å²) in [7, 11) is 3.97. The third-order valence-electron chi connectivity index (χ3n) is 2.90. The first-order valence-electron chi connectivity index (χ1n) is 5.56. The summed E-state index contributed by atoms with van der Waals surface area (Å²) in [5.74, 6) is 1.01.